The molecule has 1 aromatic heterocycles. The average Bonchev–Trinajstić information content (AvgIpc) is 2.48. The van der Waals surface area contributed by atoms with E-state index < -0.39 is 10.0 Å². The van der Waals surface area contributed by atoms with Crippen LogP contribution in [0.1, 0.15) is 25.7 Å². The molecule has 6 nitrogen and oxygen atoms in total. The molecule has 112 valence electrons. The van der Waals surface area contributed by atoms with E-state index in [0.717, 1.165) is 25.7 Å². The minimum absolute atomic E-state index is 0.170. The summed E-state index contributed by atoms with van der Waals surface area (Å²) in [7, 11) is -0.299. The number of anilines is 1. The number of methoxy groups -OCH3 is 1. The summed E-state index contributed by atoms with van der Waals surface area (Å²) < 4.78 is 30.8. The summed E-state index contributed by atoms with van der Waals surface area (Å²) in [6.45, 7) is 0. The standard InChI is InChI=1S/C13H21N3O3S/c1-14-20(17,18)12-6-7-13(15-9-12)16-10-4-3-5-11(8-10)19-2/h6-7,9-11,14H,3-5,8H2,1-2H3,(H,15,16). The fraction of sp³-hybridized carbons (Fsp3) is 0.615. The number of nitrogens with one attached hydrogen (secondary N) is 2. The summed E-state index contributed by atoms with van der Waals surface area (Å²) in [5.41, 5.74) is 0. The van der Waals surface area contributed by atoms with E-state index in [9.17, 15) is 8.42 Å². The van der Waals surface area contributed by atoms with Gasteiger partial charge in [0.1, 0.15) is 10.7 Å². The van der Waals surface area contributed by atoms with Gasteiger partial charge in [-0.05, 0) is 44.9 Å². The van der Waals surface area contributed by atoms with Gasteiger partial charge in [0.2, 0.25) is 10.0 Å². The molecule has 1 heterocycles. The highest BCUT2D eigenvalue weighted by Gasteiger charge is 2.22. The maximum Gasteiger partial charge on any atom is 0.241 e. The smallest absolute Gasteiger partial charge is 0.241 e. The number of sulfonamides is 1. The van der Waals surface area contributed by atoms with E-state index in [2.05, 4.69) is 15.0 Å². The van der Waals surface area contributed by atoms with Crippen LogP contribution in [-0.4, -0.2) is 39.7 Å². The highest BCUT2D eigenvalue weighted by Crippen LogP contribution is 2.23. The van der Waals surface area contributed by atoms with Crippen molar-refractivity contribution in [2.75, 3.05) is 19.5 Å². The lowest BCUT2D eigenvalue weighted by atomic mass is 9.93. The first-order valence-corrected chi connectivity index (χ1v) is 8.22. The Morgan fingerprint density at radius 1 is 1.35 bits per heavy atom. The van der Waals surface area contributed by atoms with Crippen molar-refractivity contribution in [3.8, 4) is 0 Å². The monoisotopic (exact) mass is 299 g/mol. The van der Waals surface area contributed by atoms with Gasteiger partial charge in [0.25, 0.3) is 0 Å². The van der Waals surface area contributed by atoms with E-state index in [4.69, 9.17) is 4.74 Å². The molecule has 20 heavy (non-hydrogen) atoms. The highest BCUT2D eigenvalue weighted by atomic mass is 32.2. The average molecular weight is 299 g/mol. The SMILES string of the molecule is CNS(=O)(=O)c1ccc(NC2CCCC(OC)C2)nc1. The van der Waals surface area contributed by atoms with Gasteiger partial charge in [0.15, 0.2) is 0 Å². The quantitative estimate of drug-likeness (QED) is 0.858. The van der Waals surface area contributed by atoms with Gasteiger partial charge < -0.3 is 10.1 Å². The number of aromatic nitrogens is 1. The number of rotatable bonds is 5. The summed E-state index contributed by atoms with van der Waals surface area (Å²) in [6, 6.07) is 3.58. The normalized spacial score (nSPS) is 23.5. The summed E-state index contributed by atoms with van der Waals surface area (Å²) in [4.78, 5) is 4.34. The van der Waals surface area contributed by atoms with Crippen LogP contribution in [0.4, 0.5) is 5.82 Å². The number of pyridine rings is 1. The fourth-order valence-corrected chi connectivity index (χ4v) is 3.12. The highest BCUT2D eigenvalue weighted by molar-refractivity contribution is 7.89. The Balaban J connectivity index is 2.00. The molecule has 1 aliphatic carbocycles. The van der Waals surface area contributed by atoms with Crippen LogP contribution in [0.25, 0.3) is 0 Å². The third kappa shape index (κ3) is 3.68. The lowest BCUT2D eigenvalue weighted by molar-refractivity contribution is 0.0669. The molecule has 2 atom stereocenters. The van der Waals surface area contributed by atoms with Gasteiger partial charge >= 0.3 is 0 Å². The van der Waals surface area contributed by atoms with Crippen molar-refractivity contribution in [2.24, 2.45) is 0 Å². The molecule has 0 bridgehead atoms. The Kier molecular flexibility index (Phi) is 4.95. The Hall–Kier alpha value is -1.18. The van der Waals surface area contributed by atoms with Crippen LogP contribution in [0.5, 0.6) is 0 Å². The van der Waals surface area contributed by atoms with Crippen molar-refractivity contribution in [2.45, 2.75) is 42.7 Å². The molecule has 1 aromatic rings. The number of hydrogen-bond donors (Lipinski definition) is 2. The van der Waals surface area contributed by atoms with Gasteiger partial charge in [-0.15, -0.1) is 0 Å². The molecule has 2 rings (SSSR count). The molecule has 0 radical (unpaired) electrons. The van der Waals surface area contributed by atoms with E-state index in [0.29, 0.717) is 18.0 Å². The fourth-order valence-electron chi connectivity index (χ4n) is 2.44. The van der Waals surface area contributed by atoms with Gasteiger partial charge in [-0.2, -0.15) is 0 Å². The Morgan fingerprint density at radius 3 is 2.75 bits per heavy atom. The largest absolute Gasteiger partial charge is 0.381 e. The van der Waals surface area contributed by atoms with Crippen LogP contribution in [0.15, 0.2) is 23.2 Å². The number of hydrogen-bond acceptors (Lipinski definition) is 5. The first kappa shape index (κ1) is 15.2. The van der Waals surface area contributed by atoms with Crippen LogP contribution in [0, 0.1) is 0 Å². The molecule has 2 unspecified atom stereocenters. The maximum atomic E-state index is 11.6. The van der Waals surface area contributed by atoms with Crippen LogP contribution in [0.2, 0.25) is 0 Å². The van der Waals surface area contributed by atoms with Crippen LogP contribution in [0.3, 0.4) is 0 Å². The topological polar surface area (TPSA) is 80.3 Å². The lowest BCUT2D eigenvalue weighted by Crippen LogP contribution is -2.31. The predicted octanol–water partition coefficient (Wildman–Crippen LogP) is 1.36. The zero-order valence-corrected chi connectivity index (χ0v) is 12.6. The molecule has 1 saturated carbocycles. The minimum atomic E-state index is -3.42. The van der Waals surface area contributed by atoms with Crippen LogP contribution >= 0.6 is 0 Å². The molecular weight excluding hydrogens is 278 g/mol. The number of nitrogens with zero attached hydrogens (tertiary/aromatic N) is 1. The molecule has 0 aliphatic heterocycles. The van der Waals surface area contributed by atoms with Crippen molar-refractivity contribution < 1.29 is 13.2 Å². The van der Waals surface area contributed by atoms with Crippen molar-refractivity contribution in [1.82, 2.24) is 9.71 Å². The van der Waals surface area contributed by atoms with Crippen LogP contribution < -0.4 is 10.0 Å². The van der Waals surface area contributed by atoms with Crippen molar-refractivity contribution in [3.63, 3.8) is 0 Å². The summed E-state index contributed by atoms with van der Waals surface area (Å²) in [5, 5.41) is 3.34. The van der Waals surface area contributed by atoms with Crippen molar-refractivity contribution in [1.29, 1.82) is 0 Å². The van der Waals surface area contributed by atoms with Crippen molar-refractivity contribution in [3.05, 3.63) is 18.3 Å². The van der Waals surface area contributed by atoms with Gasteiger partial charge in [-0.25, -0.2) is 18.1 Å². The molecule has 0 amide bonds. The second kappa shape index (κ2) is 6.51. The molecule has 0 aromatic carbocycles. The molecular formula is C13H21N3O3S. The molecule has 7 heteroatoms. The Labute approximate surface area is 120 Å². The third-order valence-corrected chi connectivity index (χ3v) is 5.03. The third-order valence-electron chi connectivity index (χ3n) is 3.63. The van der Waals surface area contributed by atoms with E-state index in [1.54, 1.807) is 19.2 Å². The summed E-state index contributed by atoms with van der Waals surface area (Å²) in [5.74, 6) is 0.696. The number of ether oxygens (including phenoxy) is 1. The first-order chi connectivity index (χ1) is 9.55. The van der Waals surface area contributed by atoms with Gasteiger partial charge in [0.05, 0.1) is 6.10 Å². The summed E-state index contributed by atoms with van der Waals surface area (Å²) in [6.07, 6.45) is 5.92. The zero-order chi connectivity index (χ0) is 14.6. The Bertz CT molecular complexity index is 530. The second-order valence-corrected chi connectivity index (χ2v) is 6.84. The van der Waals surface area contributed by atoms with Gasteiger partial charge in [0, 0.05) is 19.3 Å². The second-order valence-electron chi connectivity index (χ2n) is 4.95. The van der Waals surface area contributed by atoms with E-state index in [1.165, 1.54) is 13.2 Å². The molecule has 1 fully saturated rings. The predicted molar refractivity (Wildman–Crippen MR) is 77.2 cm³/mol. The van der Waals surface area contributed by atoms with Gasteiger partial charge in [-0.3, -0.25) is 0 Å². The van der Waals surface area contributed by atoms with Gasteiger partial charge in [-0.1, -0.05) is 0 Å². The maximum absolute atomic E-state index is 11.6. The van der Waals surface area contributed by atoms with E-state index >= 15 is 0 Å². The molecule has 1 aliphatic rings. The minimum Gasteiger partial charge on any atom is -0.381 e. The molecule has 0 spiro atoms. The zero-order valence-electron chi connectivity index (χ0n) is 11.8. The van der Waals surface area contributed by atoms with Crippen LogP contribution in [-0.2, 0) is 14.8 Å². The lowest BCUT2D eigenvalue weighted by Gasteiger charge is -2.29. The van der Waals surface area contributed by atoms with Crippen molar-refractivity contribution >= 4 is 15.8 Å². The van der Waals surface area contributed by atoms with E-state index in [1.807, 2.05) is 0 Å². The summed E-state index contributed by atoms with van der Waals surface area (Å²) >= 11 is 0. The molecule has 0 saturated heterocycles. The first-order valence-electron chi connectivity index (χ1n) is 6.74. The molecule has 2 N–H and O–H groups in total. The Morgan fingerprint density at radius 2 is 2.15 bits per heavy atom. The van der Waals surface area contributed by atoms with E-state index in [-0.39, 0.29) is 4.90 Å².